The second-order valence-electron chi connectivity index (χ2n) is 4.59. The van der Waals surface area contributed by atoms with Crippen molar-refractivity contribution in [3.63, 3.8) is 0 Å². The van der Waals surface area contributed by atoms with Crippen molar-refractivity contribution in [1.82, 2.24) is 9.88 Å². The number of hydrogen-bond acceptors (Lipinski definition) is 5. The molecule has 1 saturated carbocycles. The first-order valence-electron chi connectivity index (χ1n) is 5.06. The summed E-state index contributed by atoms with van der Waals surface area (Å²) in [7, 11) is 4.06. The fraction of sp³-hybridized carbons (Fsp3) is 0.700. The van der Waals surface area contributed by atoms with Crippen molar-refractivity contribution in [1.29, 1.82) is 0 Å². The number of hydrogen-bond donors (Lipinski definition) is 2. The molecule has 0 radical (unpaired) electrons. The van der Waals surface area contributed by atoms with Crippen molar-refractivity contribution in [3.8, 4) is 0 Å². The van der Waals surface area contributed by atoms with Gasteiger partial charge in [-0.25, -0.2) is 4.98 Å². The highest BCUT2D eigenvalue weighted by Gasteiger charge is 2.43. The van der Waals surface area contributed by atoms with E-state index in [0.717, 1.165) is 11.6 Å². The quantitative estimate of drug-likeness (QED) is 0.790. The smallest absolute Gasteiger partial charge is 0.113 e. The summed E-state index contributed by atoms with van der Waals surface area (Å²) in [5, 5.41) is 10.2. The van der Waals surface area contributed by atoms with Gasteiger partial charge in [0.2, 0.25) is 0 Å². The fourth-order valence-corrected chi connectivity index (χ4v) is 3.03. The minimum atomic E-state index is -0.366. The molecule has 0 bridgehead atoms. The van der Waals surface area contributed by atoms with Gasteiger partial charge in [0.25, 0.3) is 0 Å². The van der Waals surface area contributed by atoms with Crippen LogP contribution in [0.3, 0.4) is 0 Å². The molecule has 3 N–H and O–H groups in total. The molecule has 0 aliphatic heterocycles. The molecule has 0 saturated heterocycles. The zero-order chi connectivity index (χ0) is 11.1. The molecule has 0 spiro atoms. The van der Waals surface area contributed by atoms with Gasteiger partial charge in [0.05, 0.1) is 11.6 Å². The predicted octanol–water partition coefficient (Wildman–Crippen LogP) is 0.513. The molecule has 1 fully saturated rings. The van der Waals surface area contributed by atoms with Crippen LogP contribution in [0.4, 0.5) is 0 Å². The van der Waals surface area contributed by atoms with Crippen LogP contribution >= 0.6 is 11.3 Å². The first-order valence-corrected chi connectivity index (χ1v) is 5.88. The van der Waals surface area contributed by atoms with Gasteiger partial charge in [0.15, 0.2) is 0 Å². The third-order valence-corrected chi connectivity index (χ3v) is 3.85. The van der Waals surface area contributed by atoms with Crippen LogP contribution in [0.15, 0.2) is 6.20 Å². The number of rotatable bonds is 3. The lowest BCUT2D eigenvalue weighted by molar-refractivity contribution is 0.0208. The predicted molar refractivity (Wildman–Crippen MR) is 60.6 cm³/mol. The average molecular weight is 227 g/mol. The number of nitrogens with two attached hydrogens (primary N) is 1. The van der Waals surface area contributed by atoms with Gasteiger partial charge in [-0.1, -0.05) is 0 Å². The third-order valence-electron chi connectivity index (χ3n) is 2.65. The Labute approximate surface area is 93.7 Å². The Bertz CT molecular complexity index is 344. The highest BCUT2D eigenvalue weighted by atomic mass is 32.1. The van der Waals surface area contributed by atoms with Gasteiger partial charge in [0, 0.05) is 17.6 Å². The summed E-state index contributed by atoms with van der Waals surface area (Å²) in [6, 6.07) is 0. The van der Waals surface area contributed by atoms with E-state index in [-0.39, 0.29) is 11.6 Å². The molecule has 84 valence electrons. The van der Waals surface area contributed by atoms with E-state index in [1.54, 1.807) is 11.3 Å². The molecule has 0 amide bonds. The van der Waals surface area contributed by atoms with E-state index in [2.05, 4.69) is 9.88 Å². The molecule has 1 aromatic heterocycles. The summed E-state index contributed by atoms with van der Waals surface area (Å²) in [5.74, 6) is 0. The number of aromatic nitrogens is 1. The molecule has 0 aromatic carbocycles. The van der Waals surface area contributed by atoms with Crippen molar-refractivity contribution in [3.05, 3.63) is 16.1 Å². The monoisotopic (exact) mass is 227 g/mol. The first kappa shape index (κ1) is 11.0. The van der Waals surface area contributed by atoms with E-state index in [1.165, 1.54) is 4.88 Å². The summed E-state index contributed by atoms with van der Waals surface area (Å²) >= 11 is 1.66. The largest absolute Gasteiger partial charge is 0.393 e. The first-order chi connectivity index (χ1) is 6.99. The Kier molecular flexibility index (Phi) is 2.81. The van der Waals surface area contributed by atoms with Crippen LogP contribution < -0.4 is 5.73 Å². The normalized spacial score (nSPS) is 30.6. The van der Waals surface area contributed by atoms with Crippen LogP contribution in [0.2, 0.25) is 0 Å². The van der Waals surface area contributed by atoms with Gasteiger partial charge in [-0.15, -0.1) is 11.3 Å². The highest BCUT2D eigenvalue weighted by molar-refractivity contribution is 7.11. The number of aliphatic hydroxyl groups is 1. The van der Waals surface area contributed by atoms with E-state index >= 15 is 0 Å². The zero-order valence-corrected chi connectivity index (χ0v) is 9.92. The zero-order valence-electron chi connectivity index (χ0n) is 9.10. The Morgan fingerprint density at radius 2 is 2.33 bits per heavy atom. The summed E-state index contributed by atoms with van der Waals surface area (Å²) in [6.07, 6.45) is 2.93. The Hall–Kier alpha value is -0.490. The minimum absolute atomic E-state index is 0.240. The topological polar surface area (TPSA) is 62.4 Å². The number of aliphatic hydroxyl groups excluding tert-OH is 1. The van der Waals surface area contributed by atoms with E-state index < -0.39 is 0 Å². The van der Waals surface area contributed by atoms with Crippen molar-refractivity contribution >= 4 is 11.3 Å². The summed E-state index contributed by atoms with van der Waals surface area (Å²) < 4.78 is 0. The SMILES string of the molecule is CN(C)Cc1cnc(C2(N)CC(O)C2)s1. The number of thiazole rings is 1. The summed E-state index contributed by atoms with van der Waals surface area (Å²) in [6.45, 7) is 0.899. The molecule has 15 heavy (non-hydrogen) atoms. The van der Waals surface area contributed by atoms with Crippen LogP contribution in [-0.4, -0.2) is 35.2 Å². The van der Waals surface area contributed by atoms with Gasteiger partial charge in [-0.3, -0.25) is 0 Å². The lowest BCUT2D eigenvalue weighted by Crippen LogP contribution is -2.51. The molecule has 1 aliphatic rings. The minimum Gasteiger partial charge on any atom is -0.393 e. The van der Waals surface area contributed by atoms with Gasteiger partial charge >= 0.3 is 0 Å². The van der Waals surface area contributed by atoms with Gasteiger partial charge in [0.1, 0.15) is 5.01 Å². The molecular formula is C10H17N3OS. The average Bonchev–Trinajstić information content (AvgIpc) is 2.49. The molecule has 0 atom stereocenters. The maximum absolute atomic E-state index is 9.29. The van der Waals surface area contributed by atoms with Gasteiger partial charge < -0.3 is 15.7 Å². The van der Waals surface area contributed by atoms with Gasteiger partial charge in [-0.2, -0.15) is 0 Å². The van der Waals surface area contributed by atoms with Crippen LogP contribution in [0.1, 0.15) is 22.7 Å². The van der Waals surface area contributed by atoms with Gasteiger partial charge in [-0.05, 0) is 26.9 Å². The molecule has 5 heteroatoms. The van der Waals surface area contributed by atoms with E-state index in [4.69, 9.17) is 5.73 Å². The standard InChI is InChI=1S/C10H17N3OS/c1-13(2)6-8-5-12-9(15-8)10(11)3-7(14)4-10/h5,7,14H,3-4,6,11H2,1-2H3. The maximum atomic E-state index is 9.29. The van der Waals surface area contributed by atoms with Crippen LogP contribution in [-0.2, 0) is 12.1 Å². The third kappa shape index (κ3) is 2.20. The second-order valence-corrected chi connectivity index (χ2v) is 5.70. The van der Waals surface area contributed by atoms with Crippen LogP contribution in [0, 0.1) is 0 Å². The Morgan fingerprint density at radius 1 is 1.67 bits per heavy atom. The van der Waals surface area contributed by atoms with E-state index in [0.29, 0.717) is 12.8 Å². The van der Waals surface area contributed by atoms with E-state index in [9.17, 15) is 5.11 Å². The van der Waals surface area contributed by atoms with Crippen molar-refractivity contribution in [2.45, 2.75) is 31.0 Å². The summed E-state index contributed by atoms with van der Waals surface area (Å²) in [4.78, 5) is 7.68. The molecule has 2 rings (SSSR count). The van der Waals surface area contributed by atoms with Crippen LogP contribution in [0.5, 0.6) is 0 Å². The molecule has 4 nitrogen and oxygen atoms in total. The molecular weight excluding hydrogens is 210 g/mol. The van der Waals surface area contributed by atoms with Crippen molar-refractivity contribution in [2.75, 3.05) is 14.1 Å². The lowest BCUT2D eigenvalue weighted by atomic mass is 9.76. The van der Waals surface area contributed by atoms with Crippen LogP contribution in [0.25, 0.3) is 0 Å². The van der Waals surface area contributed by atoms with Crippen molar-refractivity contribution < 1.29 is 5.11 Å². The number of nitrogens with zero attached hydrogens (tertiary/aromatic N) is 2. The highest BCUT2D eigenvalue weighted by Crippen LogP contribution is 2.40. The Morgan fingerprint density at radius 3 is 2.87 bits per heavy atom. The van der Waals surface area contributed by atoms with Crippen molar-refractivity contribution in [2.24, 2.45) is 5.73 Å². The fourth-order valence-electron chi connectivity index (χ4n) is 1.88. The maximum Gasteiger partial charge on any atom is 0.113 e. The molecule has 1 aliphatic carbocycles. The van der Waals surface area contributed by atoms with E-state index in [1.807, 2.05) is 20.3 Å². The lowest BCUT2D eigenvalue weighted by Gasteiger charge is -2.40. The second kappa shape index (κ2) is 3.83. The Balaban J connectivity index is 2.07. The molecule has 0 unspecified atom stereocenters. The molecule has 1 aromatic rings. The summed E-state index contributed by atoms with van der Waals surface area (Å²) in [5.41, 5.74) is 5.77. The molecule has 1 heterocycles.